The number of benzene rings is 2. The monoisotopic (exact) mass is 482 g/mol. The Morgan fingerprint density at radius 3 is 2.26 bits per heavy atom. The summed E-state index contributed by atoms with van der Waals surface area (Å²) in [6.07, 6.45) is -9.70. The van der Waals surface area contributed by atoms with Crippen molar-refractivity contribution in [2.24, 2.45) is 5.41 Å². The van der Waals surface area contributed by atoms with Crippen molar-refractivity contribution in [2.45, 2.75) is 62.9 Å². The van der Waals surface area contributed by atoms with E-state index in [9.17, 15) is 33.6 Å². The zero-order valence-corrected chi connectivity index (χ0v) is 18.7. The first kappa shape index (κ1) is 24.9. The highest BCUT2D eigenvalue weighted by atomic mass is 19.4. The molecule has 1 aliphatic carbocycles. The lowest BCUT2D eigenvalue weighted by Crippen LogP contribution is -2.55. The molecule has 1 heterocycles. The fourth-order valence-corrected chi connectivity index (χ4v) is 4.24. The van der Waals surface area contributed by atoms with Crippen molar-refractivity contribution in [1.82, 2.24) is 0 Å². The van der Waals surface area contributed by atoms with Gasteiger partial charge in [0.25, 0.3) is 0 Å². The van der Waals surface area contributed by atoms with Crippen molar-refractivity contribution in [1.29, 1.82) is 0 Å². The summed E-state index contributed by atoms with van der Waals surface area (Å²) in [5, 5.41) is 39.9. The molecule has 1 saturated heterocycles. The molecule has 0 radical (unpaired) electrons. The van der Waals surface area contributed by atoms with Gasteiger partial charge in [-0.05, 0) is 60.6 Å². The predicted octanol–water partition coefficient (Wildman–Crippen LogP) is 2.82. The molecule has 4 rings (SSSR count). The highest BCUT2D eigenvalue weighted by molar-refractivity contribution is 5.38. The number of halogens is 3. The van der Waals surface area contributed by atoms with E-state index in [0.29, 0.717) is 17.7 Å². The van der Waals surface area contributed by atoms with Crippen LogP contribution in [0.4, 0.5) is 13.2 Å². The van der Waals surface area contributed by atoms with Crippen LogP contribution in [0.25, 0.3) is 0 Å². The highest BCUT2D eigenvalue weighted by Gasteiger charge is 2.63. The van der Waals surface area contributed by atoms with Gasteiger partial charge in [0.1, 0.15) is 48.3 Å². The van der Waals surface area contributed by atoms with Gasteiger partial charge in [0.15, 0.2) is 0 Å². The molecular formula is C25H29F3O6. The minimum absolute atomic E-state index is 0.0959. The van der Waals surface area contributed by atoms with Gasteiger partial charge in [0.2, 0.25) is 0 Å². The Kier molecular flexibility index (Phi) is 6.94. The van der Waals surface area contributed by atoms with E-state index in [1.807, 2.05) is 19.1 Å². The Labute approximate surface area is 195 Å². The summed E-state index contributed by atoms with van der Waals surface area (Å²) in [4.78, 5) is 0. The molecule has 2 aromatic carbocycles. The van der Waals surface area contributed by atoms with E-state index in [1.165, 1.54) is 0 Å². The molecule has 186 valence electrons. The van der Waals surface area contributed by atoms with Crippen LogP contribution in [-0.2, 0) is 11.2 Å². The molecule has 5 atom stereocenters. The third-order valence-corrected chi connectivity index (χ3v) is 6.88. The van der Waals surface area contributed by atoms with Crippen molar-refractivity contribution in [2.75, 3.05) is 13.2 Å². The first-order valence-corrected chi connectivity index (χ1v) is 11.2. The van der Waals surface area contributed by atoms with Crippen LogP contribution in [0, 0.1) is 12.3 Å². The zero-order chi connectivity index (χ0) is 24.7. The number of hydrogen-bond acceptors (Lipinski definition) is 6. The maximum atomic E-state index is 13.1. The summed E-state index contributed by atoms with van der Waals surface area (Å²) in [7, 11) is 0. The molecule has 2 fully saturated rings. The molecule has 0 amide bonds. The first-order valence-electron chi connectivity index (χ1n) is 11.2. The average Bonchev–Trinajstić information content (AvgIpc) is 3.60. The summed E-state index contributed by atoms with van der Waals surface area (Å²) < 4.78 is 50.3. The normalized spacial score (nSPS) is 28.5. The second-order valence-corrected chi connectivity index (χ2v) is 9.32. The second-order valence-electron chi connectivity index (χ2n) is 9.32. The van der Waals surface area contributed by atoms with Gasteiger partial charge in [-0.3, -0.25) is 0 Å². The Morgan fingerprint density at radius 1 is 1.00 bits per heavy atom. The van der Waals surface area contributed by atoms with Crippen molar-refractivity contribution in [3.05, 3.63) is 64.7 Å². The highest BCUT2D eigenvalue weighted by Crippen LogP contribution is 2.57. The number of ether oxygens (including phenoxy) is 2. The van der Waals surface area contributed by atoms with E-state index in [4.69, 9.17) is 9.47 Å². The number of aliphatic hydroxyl groups is 4. The van der Waals surface area contributed by atoms with Crippen LogP contribution < -0.4 is 4.74 Å². The van der Waals surface area contributed by atoms with Crippen molar-refractivity contribution >= 4 is 0 Å². The maximum absolute atomic E-state index is 13.1. The summed E-state index contributed by atoms with van der Waals surface area (Å²) in [6, 6.07) is 12.3. The molecule has 1 aliphatic heterocycles. The third-order valence-electron chi connectivity index (χ3n) is 6.88. The lowest BCUT2D eigenvalue weighted by molar-refractivity contribution is -0.231. The first-order chi connectivity index (χ1) is 16.0. The quantitative estimate of drug-likeness (QED) is 0.485. The minimum Gasteiger partial charge on any atom is -0.493 e. The van der Waals surface area contributed by atoms with E-state index >= 15 is 0 Å². The Balaban J connectivity index is 1.45. The number of alkyl halides is 3. The molecule has 9 heteroatoms. The van der Waals surface area contributed by atoms with Crippen molar-refractivity contribution in [3.63, 3.8) is 0 Å². The van der Waals surface area contributed by atoms with E-state index in [1.54, 1.807) is 30.3 Å². The molecule has 0 bridgehead atoms. The summed E-state index contributed by atoms with van der Waals surface area (Å²) in [6.45, 7) is 1.05. The van der Waals surface area contributed by atoms with Crippen LogP contribution in [0.15, 0.2) is 42.5 Å². The molecule has 1 saturated carbocycles. The van der Waals surface area contributed by atoms with Crippen LogP contribution in [0.3, 0.4) is 0 Å². The maximum Gasteiger partial charge on any atom is 0.397 e. The van der Waals surface area contributed by atoms with E-state index < -0.39 is 48.7 Å². The largest absolute Gasteiger partial charge is 0.493 e. The number of hydrogen-bond donors (Lipinski definition) is 4. The molecule has 0 aromatic heterocycles. The zero-order valence-electron chi connectivity index (χ0n) is 18.7. The predicted molar refractivity (Wildman–Crippen MR) is 116 cm³/mol. The standard InChI is InChI=1S/C25H29F3O6/c1-14-2-5-16(23-22(32)21(31)20(30)19(12-29)34-23)11-17(14)10-15-3-6-18(7-4-15)33-13-24(8-9-24)25(26,27)28/h2-7,11,19-23,29-32H,8-10,12-13H2,1H3. The van der Waals surface area contributed by atoms with Gasteiger partial charge in [-0.1, -0.05) is 30.3 Å². The Bertz CT molecular complexity index is 987. The molecular weight excluding hydrogens is 453 g/mol. The van der Waals surface area contributed by atoms with Gasteiger partial charge in [-0.2, -0.15) is 13.2 Å². The Morgan fingerprint density at radius 2 is 1.68 bits per heavy atom. The number of aliphatic hydroxyl groups excluding tert-OH is 4. The lowest BCUT2D eigenvalue weighted by atomic mass is 9.89. The van der Waals surface area contributed by atoms with Gasteiger partial charge in [-0.25, -0.2) is 0 Å². The van der Waals surface area contributed by atoms with Crippen LogP contribution in [-0.4, -0.2) is 64.2 Å². The third kappa shape index (κ3) is 4.94. The number of rotatable bonds is 7. The SMILES string of the molecule is Cc1ccc(C2OC(CO)C(O)C(O)C2O)cc1Cc1ccc(OCC2(C(F)(F)F)CC2)cc1. The Hall–Kier alpha value is -2.17. The lowest BCUT2D eigenvalue weighted by Gasteiger charge is -2.40. The average molecular weight is 482 g/mol. The van der Waals surface area contributed by atoms with Gasteiger partial charge in [-0.15, -0.1) is 0 Å². The topological polar surface area (TPSA) is 99.4 Å². The summed E-state index contributed by atoms with van der Waals surface area (Å²) in [5.41, 5.74) is 1.71. The fraction of sp³-hybridized carbons (Fsp3) is 0.520. The van der Waals surface area contributed by atoms with Crippen molar-refractivity contribution < 1.29 is 43.1 Å². The molecule has 6 nitrogen and oxygen atoms in total. The van der Waals surface area contributed by atoms with Gasteiger partial charge >= 0.3 is 6.18 Å². The van der Waals surface area contributed by atoms with E-state index in [2.05, 4.69) is 0 Å². The fourth-order valence-electron chi connectivity index (χ4n) is 4.24. The van der Waals surface area contributed by atoms with Gasteiger partial charge < -0.3 is 29.9 Å². The molecule has 2 aromatic rings. The molecule has 2 aliphatic rings. The van der Waals surface area contributed by atoms with Crippen LogP contribution in [0.1, 0.15) is 41.2 Å². The van der Waals surface area contributed by atoms with Gasteiger partial charge in [0.05, 0.1) is 6.61 Å². The van der Waals surface area contributed by atoms with E-state index in [0.717, 1.165) is 16.7 Å². The van der Waals surface area contributed by atoms with Crippen LogP contribution in [0.5, 0.6) is 5.75 Å². The second kappa shape index (κ2) is 9.47. The molecule has 4 N–H and O–H groups in total. The minimum atomic E-state index is -4.25. The number of aryl methyl sites for hydroxylation is 1. The van der Waals surface area contributed by atoms with E-state index in [-0.39, 0.29) is 19.4 Å². The molecule has 0 spiro atoms. The summed E-state index contributed by atoms with van der Waals surface area (Å²) in [5.74, 6) is 0.381. The van der Waals surface area contributed by atoms with Crippen LogP contribution >= 0.6 is 0 Å². The molecule has 5 unspecified atom stereocenters. The smallest absolute Gasteiger partial charge is 0.397 e. The summed E-state index contributed by atoms with van der Waals surface area (Å²) >= 11 is 0. The van der Waals surface area contributed by atoms with Gasteiger partial charge in [0, 0.05) is 0 Å². The molecule has 34 heavy (non-hydrogen) atoms. The van der Waals surface area contributed by atoms with Crippen molar-refractivity contribution in [3.8, 4) is 5.75 Å². The van der Waals surface area contributed by atoms with Crippen LogP contribution in [0.2, 0.25) is 0 Å².